The van der Waals surface area contributed by atoms with Gasteiger partial charge in [0.05, 0.1) is 18.7 Å². The number of carbonyl (C=O) groups excluding carboxylic acids is 2. The van der Waals surface area contributed by atoms with E-state index in [-0.39, 0.29) is 22.2 Å². The van der Waals surface area contributed by atoms with Crippen LogP contribution in [0.5, 0.6) is 11.5 Å². The number of aryl methyl sites for hydroxylation is 1. The van der Waals surface area contributed by atoms with Crippen LogP contribution in [0.4, 0.5) is 5.13 Å². The number of ketones is 1. The van der Waals surface area contributed by atoms with Crippen molar-refractivity contribution in [3.63, 3.8) is 0 Å². The van der Waals surface area contributed by atoms with Crippen LogP contribution in [0.25, 0.3) is 5.76 Å². The summed E-state index contributed by atoms with van der Waals surface area (Å²) in [4.78, 5) is 27.1. The molecule has 9 heteroatoms. The lowest BCUT2D eigenvalue weighted by Gasteiger charge is -2.22. The molecule has 2 aromatic carbocycles. The fraction of sp³-hybridized carbons (Fsp3) is 0.143. The minimum absolute atomic E-state index is 0.0395. The zero-order valence-corrected chi connectivity index (χ0v) is 16.9. The fourth-order valence-corrected chi connectivity index (χ4v) is 4.00. The van der Waals surface area contributed by atoms with E-state index in [4.69, 9.17) is 4.74 Å². The van der Waals surface area contributed by atoms with Crippen LogP contribution in [0.3, 0.4) is 0 Å². The molecule has 1 aliphatic heterocycles. The number of anilines is 1. The topological polar surface area (TPSA) is 113 Å². The minimum Gasteiger partial charge on any atom is -0.508 e. The van der Waals surface area contributed by atoms with Gasteiger partial charge < -0.3 is 14.9 Å². The molecule has 8 nitrogen and oxygen atoms in total. The Morgan fingerprint density at radius 2 is 1.73 bits per heavy atom. The Morgan fingerprint density at radius 1 is 1.07 bits per heavy atom. The van der Waals surface area contributed by atoms with Gasteiger partial charge in [-0.2, -0.15) is 0 Å². The van der Waals surface area contributed by atoms with Crippen LogP contribution in [0.1, 0.15) is 22.2 Å². The van der Waals surface area contributed by atoms with Gasteiger partial charge in [-0.15, -0.1) is 10.2 Å². The van der Waals surface area contributed by atoms with E-state index < -0.39 is 17.7 Å². The number of rotatable bonds is 4. The van der Waals surface area contributed by atoms with Gasteiger partial charge in [-0.3, -0.25) is 14.5 Å². The Hall–Kier alpha value is -3.72. The van der Waals surface area contributed by atoms with E-state index in [1.54, 1.807) is 43.3 Å². The Balaban J connectivity index is 1.91. The number of benzene rings is 2. The van der Waals surface area contributed by atoms with E-state index in [1.165, 1.54) is 35.5 Å². The number of aromatic nitrogens is 2. The van der Waals surface area contributed by atoms with Gasteiger partial charge in [0.25, 0.3) is 5.78 Å². The molecule has 1 unspecified atom stereocenters. The number of phenols is 1. The molecule has 1 atom stereocenters. The first kappa shape index (κ1) is 19.6. The summed E-state index contributed by atoms with van der Waals surface area (Å²) in [6.45, 7) is 1.74. The molecule has 152 valence electrons. The van der Waals surface area contributed by atoms with Gasteiger partial charge in [-0.25, -0.2) is 0 Å². The molecular weight excluding hydrogens is 406 g/mol. The first-order valence-corrected chi connectivity index (χ1v) is 9.77. The fourth-order valence-electron chi connectivity index (χ4n) is 3.29. The zero-order chi connectivity index (χ0) is 21.4. The van der Waals surface area contributed by atoms with Crippen LogP contribution in [0.2, 0.25) is 0 Å². The lowest BCUT2D eigenvalue weighted by Crippen LogP contribution is -2.29. The van der Waals surface area contributed by atoms with Crippen molar-refractivity contribution >= 4 is 33.9 Å². The van der Waals surface area contributed by atoms with Crippen LogP contribution in [-0.2, 0) is 9.59 Å². The number of Topliss-reactive ketones (excluding diaryl/α,β-unsaturated/α-hetero) is 1. The molecule has 1 aromatic heterocycles. The number of hydrogen-bond acceptors (Lipinski definition) is 8. The SMILES string of the molecule is COc1ccc(C(O)=C2C(=O)C(=O)N(c3nnc(C)s3)C2c2ccc(O)cc2)cc1. The van der Waals surface area contributed by atoms with Gasteiger partial charge in [0.2, 0.25) is 5.13 Å². The van der Waals surface area contributed by atoms with E-state index in [9.17, 15) is 19.8 Å². The summed E-state index contributed by atoms with van der Waals surface area (Å²) in [7, 11) is 1.52. The van der Waals surface area contributed by atoms with Gasteiger partial charge in [0.15, 0.2) is 0 Å². The smallest absolute Gasteiger partial charge is 0.301 e. The van der Waals surface area contributed by atoms with Crippen LogP contribution >= 0.6 is 11.3 Å². The third-order valence-corrected chi connectivity index (χ3v) is 5.58. The van der Waals surface area contributed by atoms with E-state index in [1.807, 2.05) is 0 Å². The molecule has 0 saturated carbocycles. The predicted molar refractivity (Wildman–Crippen MR) is 111 cm³/mol. The monoisotopic (exact) mass is 423 g/mol. The van der Waals surface area contributed by atoms with E-state index in [2.05, 4.69) is 10.2 Å². The van der Waals surface area contributed by atoms with Crippen molar-refractivity contribution < 1.29 is 24.5 Å². The van der Waals surface area contributed by atoms with Gasteiger partial charge >= 0.3 is 5.91 Å². The summed E-state index contributed by atoms with van der Waals surface area (Å²) < 4.78 is 5.13. The number of amides is 1. The number of nitrogens with zero attached hydrogens (tertiary/aromatic N) is 3. The maximum absolute atomic E-state index is 13.0. The van der Waals surface area contributed by atoms with Crippen LogP contribution in [0, 0.1) is 6.92 Å². The molecule has 1 amide bonds. The van der Waals surface area contributed by atoms with Crippen molar-refractivity contribution in [2.24, 2.45) is 0 Å². The average Bonchev–Trinajstić information content (AvgIpc) is 3.29. The van der Waals surface area contributed by atoms with Crippen molar-refractivity contribution in [2.45, 2.75) is 13.0 Å². The van der Waals surface area contributed by atoms with Crippen LogP contribution in [0.15, 0.2) is 54.1 Å². The summed E-state index contributed by atoms with van der Waals surface area (Å²) in [5.41, 5.74) is 0.838. The molecule has 30 heavy (non-hydrogen) atoms. The Labute approximate surface area is 175 Å². The number of aliphatic hydroxyl groups excluding tert-OH is 1. The second-order valence-electron chi connectivity index (χ2n) is 6.59. The third-order valence-electron chi connectivity index (χ3n) is 4.74. The van der Waals surface area contributed by atoms with E-state index in [0.717, 1.165) is 0 Å². The lowest BCUT2D eigenvalue weighted by atomic mass is 9.95. The van der Waals surface area contributed by atoms with Gasteiger partial charge in [0, 0.05) is 5.56 Å². The zero-order valence-electron chi connectivity index (χ0n) is 16.1. The molecule has 3 aromatic rings. The average molecular weight is 423 g/mol. The second-order valence-corrected chi connectivity index (χ2v) is 7.75. The normalized spacial score (nSPS) is 18.1. The first-order chi connectivity index (χ1) is 14.4. The highest BCUT2D eigenvalue weighted by Crippen LogP contribution is 2.43. The van der Waals surface area contributed by atoms with E-state index >= 15 is 0 Å². The van der Waals surface area contributed by atoms with Crippen molar-refractivity contribution in [1.29, 1.82) is 0 Å². The summed E-state index contributed by atoms with van der Waals surface area (Å²) in [6.07, 6.45) is 0. The maximum atomic E-state index is 13.0. The van der Waals surface area contributed by atoms with Gasteiger partial charge in [0.1, 0.15) is 22.3 Å². The van der Waals surface area contributed by atoms with Crippen molar-refractivity contribution in [1.82, 2.24) is 10.2 Å². The molecule has 0 bridgehead atoms. The molecule has 0 spiro atoms. The largest absolute Gasteiger partial charge is 0.508 e. The highest BCUT2D eigenvalue weighted by atomic mass is 32.1. The molecule has 4 rings (SSSR count). The van der Waals surface area contributed by atoms with Gasteiger partial charge in [-0.05, 0) is 48.9 Å². The number of carbonyl (C=O) groups is 2. The second kappa shape index (κ2) is 7.60. The summed E-state index contributed by atoms with van der Waals surface area (Å²) >= 11 is 1.17. The van der Waals surface area contributed by atoms with Crippen LogP contribution < -0.4 is 9.64 Å². The molecule has 1 fully saturated rings. The predicted octanol–water partition coefficient (Wildman–Crippen LogP) is 3.19. The van der Waals surface area contributed by atoms with E-state index in [0.29, 0.717) is 21.9 Å². The number of phenolic OH excluding ortho intramolecular Hbond substituents is 1. The standard InChI is InChI=1S/C21H17N3O5S/c1-11-22-23-21(30-11)24-17(12-3-7-14(25)8-4-12)16(19(27)20(24)28)18(26)13-5-9-15(29-2)10-6-13/h3-10,17,25-26H,1-2H3. The molecule has 2 heterocycles. The Morgan fingerprint density at radius 3 is 2.30 bits per heavy atom. The molecule has 0 radical (unpaired) electrons. The van der Waals surface area contributed by atoms with Crippen molar-refractivity contribution in [3.05, 3.63) is 70.2 Å². The number of methoxy groups -OCH3 is 1. The molecular formula is C21H17N3O5S. The number of ether oxygens (including phenoxy) is 1. The number of hydrogen-bond donors (Lipinski definition) is 2. The number of aliphatic hydroxyl groups is 1. The maximum Gasteiger partial charge on any atom is 0.301 e. The summed E-state index contributed by atoms with van der Waals surface area (Å²) in [5.74, 6) is -1.31. The lowest BCUT2D eigenvalue weighted by molar-refractivity contribution is -0.132. The molecule has 1 saturated heterocycles. The molecule has 2 N–H and O–H groups in total. The minimum atomic E-state index is -0.917. The highest BCUT2D eigenvalue weighted by molar-refractivity contribution is 7.15. The van der Waals surface area contributed by atoms with Crippen molar-refractivity contribution in [3.8, 4) is 11.5 Å². The summed E-state index contributed by atoms with van der Waals surface area (Å²) in [5, 5.41) is 29.5. The Bertz CT molecular complexity index is 1150. The molecule has 1 aliphatic rings. The number of aromatic hydroxyl groups is 1. The molecule has 0 aliphatic carbocycles. The Kier molecular flexibility index (Phi) is 4.96. The summed E-state index contributed by atoms with van der Waals surface area (Å²) in [6, 6.07) is 11.7. The third kappa shape index (κ3) is 3.29. The quantitative estimate of drug-likeness (QED) is 0.376. The van der Waals surface area contributed by atoms with Crippen LogP contribution in [-0.4, -0.2) is 39.2 Å². The first-order valence-electron chi connectivity index (χ1n) is 8.95. The van der Waals surface area contributed by atoms with Gasteiger partial charge in [-0.1, -0.05) is 23.5 Å². The highest BCUT2D eigenvalue weighted by Gasteiger charge is 2.48. The van der Waals surface area contributed by atoms with Crippen molar-refractivity contribution in [2.75, 3.05) is 12.0 Å².